The summed E-state index contributed by atoms with van der Waals surface area (Å²) in [5.41, 5.74) is 1.11. The second-order valence-electron chi connectivity index (χ2n) is 7.65. The summed E-state index contributed by atoms with van der Waals surface area (Å²) in [6.45, 7) is 4.92. The van der Waals surface area contributed by atoms with E-state index in [0.29, 0.717) is 29.7 Å². The molecule has 1 aliphatic rings. The maximum Gasteiger partial charge on any atom is 0.315 e. The van der Waals surface area contributed by atoms with E-state index in [1.165, 1.54) is 4.88 Å². The predicted molar refractivity (Wildman–Crippen MR) is 123 cm³/mol. The first kappa shape index (κ1) is 23.3. The Balaban J connectivity index is 1.38. The molecule has 1 aliphatic heterocycles. The van der Waals surface area contributed by atoms with Gasteiger partial charge in [0.1, 0.15) is 0 Å². The molecule has 1 unspecified atom stereocenters. The maximum atomic E-state index is 12.2. The van der Waals surface area contributed by atoms with Gasteiger partial charge in [0.2, 0.25) is 0 Å². The first-order valence-corrected chi connectivity index (χ1v) is 11.5. The minimum Gasteiger partial charge on any atom is -0.374 e. The molecule has 0 spiro atoms. The van der Waals surface area contributed by atoms with Crippen LogP contribution in [-0.4, -0.2) is 62.3 Å². The number of ether oxygens (including phenoxy) is 1. The second-order valence-corrected chi connectivity index (χ2v) is 9.71. The zero-order valence-corrected chi connectivity index (χ0v) is 19.6. The molecule has 1 aromatic heterocycles. The van der Waals surface area contributed by atoms with Gasteiger partial charge in [0.25, 0.3) is 0 Å². The number of nitrogens with zero attached hydrogens (tertiary/aromatic N) is 2. The number of hydrogen-bond donors (Lipinski definition) is 2. The SMILES string of the molecule is CN(C)Cc1ccc(CNC(=O)NCC2CN(Cc3ccc(Cl)c(Cl)c3)CCO2)s1. The molecule has 0 bridgehead atoms. The smallest absolute Gasteiger partial charge is 0.315 e. The van der Waals surface area contributed by atoms with Gasteiger partial charge in [-0.2, -0.15) is 0 Å². The van der Waals surface area contributed by atoms with E-state index in [-0.39, 0.29) is 12.1 Å². The van der Waals surface area contributed by atoms with Crippen molar-refractivity contribution in [2.45, 2.75) is 25.7 Å². The summed E-state index contributed by atoms with van der Waals surface area (Å²) in [6, 6.07) is 9.70. The Hall–Kier alpha value is -1.35. The third-order valence-electron chi connectivity index (χ3n) is 4.72. The highest BCUT2D eigenvalue weighted by atomic mass is 35.5. The van der Waals surface area contributed by atoms with E-state index < -0.39 is 0 Å². The zero-order chi connectivity index (χ0) is 21.5. The van der Waals surface area contributed by atoms with Crippen molar-refractivity contribution >= 4 is 40.6 Å². The molecule has 1 saturated heterocycles. The Labute approximate surface area is 192 Å². The average Bonchev–Trinajstić information content (AvgIpc) is 3.14. The molecule has 2 N–H and O–H groups in total. The number of urea groups is 1. The summed E-state index contributed by atoms with van der Waals surface area (Å²) >= 11 is 13.8. The van der Waals surface area contributed by atoms with Gasteiger partial charge in [-0.15, -0.1) is 11.3 Å². The fourth-order valence-electron chi connectivity index (χ4n) is 3.29. The van der Waals surface area contributed by atoms with Crippen molar-refractivity contribution in [3.05, 3.63) is 55.7 Å². The van der Waals surface area contributed by atoms with Crippen molar-refractivity contribution in [1.82, 2.24) is 20.4 Å². The number of hydrogen-bond acceptors (Lipinski definition) is 5. The summed E-state index contributed by atoms with van der Waals surface area (Å²) in [6.07, 6.45) is -0.0410. The van der Waals surface area contributed by atoms with Gasteiger partial charge >= 0.3 is 6.03 Å². The molecular weight excluding hydrogens is 443 g/mol. The molecular formula is C21H28Cl2N4O2S. The molecule has 3 rings (SSSR count). The minimum absolute atomic E-state index is 0.0410. The number of nitrogens with one attached hydrogen (secondary N) is 2. The third kappa shape index (κ3) is 7.41. The van der Waals surface area contributed by atoms with Crippen molar-refractivity contribution in [2.75, 3.05) is 40.3 Å². The van der Waals surface area contributed by atoms with E-state index in [9.17, 15) is 4.79 Å². The number of halogens is 2. The number of carbonyl (C=O) groups is 1. The molecule has 2 amide bonds. The Morgan fingerprint density at radius 1 is 1.20 bits per heavy atom. The van der Waals surface area contributed by atoms with Crippen LogP contribution in [0.5, 0.6) is 0 Å². The van der Waals surface area contributed by atoms with Gasteiger partial charge in [0.15, 0.2) is 0 Å². The Kier molecular flexibility index (Phi) is 8.80. The van der Waals surface area contributed by atoms with Crippen LogP contribution in [0.2, 0.25) is 10.0 Å². The van der Waals surface area contributed by atoms with Crippen molar-refractivity contribution in [3.63, 3.8) is 0 Å². The fraction of sp³-hybridized carbons (Fsp3) is 0.476. The molecule has 1 aromatic carbocycles. The van der Waals surface area contributed by atoms with E-state index >= 15 is 0 Å². The van der Waals surface area contributed by atoms with Crippen molar-refractivity contribution in [3.8, 4) is 0 Å². The van der Waals surface area contributed by atoms with Crippen LogP contribution in [0.15, 0.2) is 30.3 Å². The van der Waals surface area contributed by atoms with Gasteiger partial charge in [-0.25, -0.2) is 4.79 Å². The van der Waals surface area contributed by atoms with E-state index in [1.54, 1.807) is 11.3 Å². The Bertz CT molecular complexity index is 846. The summed E-state index contributed by atoms with van der Waals surface area (Å²) in [5, 5.41) is 6.97. The molecule has 30 heavy (non-hydrogen) atoms. The average molecular weight is 471 g/mol. The number of carbonyl (C=O) groups excluding carboxylic acids is 1. The second kappa shape index (κ2) is 11.3. The predicted octanol–water partition coefficient (Wildman–Crippen LogP) is 3.82. The summed E-state index contributed by atoms with van der Waals surface area (Å²) in [5.74, 6) is 0. The van der Waals surface area contributed by atoms with Gasteiger partial charge in [0.05, 0.1) is 29.3 Å². The monoisotopic (exact) mass is 470 g/mol. The lowest BCUT2D eigenvalue weighted by Gasteiger charge is -2.33. The fourth-order valence-corrected chi connectivity index (χ4v) is 4.69. The van der Waals surface area contributed by atoms with Crippen molar-refractivity contribution < 1.29 is 9.53 Å². The van der Waals surface area contributed by atoms with Gasteiger partial charge in [0, 0.05) is 42.5 Å². The molecule has 0 radical (unpaired) electrons. The van der Waals surface area contributed by atoms with Gasteiger partial charge < -0.3 is 20.3 Å². The molecule has 1 fully saturated rings. The summed E-state index contributed by atoms with van der Waals surface area (Å²) < 4.78 is 5.81. The van der Waals surface area contributed by atoms with Crippen LogP contribution in [0, 0.1) is 0 Å². The number of amides is 2. The lowest BCUT2D eigenvalue weighted by molar-refractivity contribution is -0.0287. The van der Waals surface area contributed by atoms with Crippen LogP contribution in [-0.2, 0) is 24.4 Å². The van der Waals surface area contributed by atoms with E-state index in [1.807, 2.05) is 32.3 Å². The van der Waals surface area contributed by atoms with E-state index in [2.05, 4.69) is 32.6 Å². The highest BCUT2D eigenvalue weighted by Crippen LogP contribution is 2.23. The Morgan fingerprint density at radius 2 is 2.00 bits per heavy atom. The topological polar surface area (TPSA) is 56.8 Å². The molecule has 1 atom stereocenters. The normalized spacial score (nSPS) is 17.3. The van der Waals surface area contributed by atoms with E-state index in [4.69, 9.17) is 27.9 Å². The lowest BCUT2D eigenvalue weighted by Crippen LogP contribution is -2.48. The highest BCUT2D eigenvalue weighted by Gasteiger charge is 2.21. The maximum absolute atomic E-state index is 12.2. The molecule has 0 saturated carbocycles. The molecule has 2 aromatic rings. The largest absolute Gasteiger partial charge is 0.374 e. The number of thiophene rings is 1. The van der Waals surface area contributed by atoms with Crippen LogP contribution in [0.4, 0.5) is 4.79 Å². The number of rotatable bonds is 8. The molecule has 2 heterocycles. The molecule has 9 heteroatoms. The van der Waals surface area contributed by atoms with E-state index in [0.717, 1.165) is 36.6 Å². The standard InChI is InChI=1S/C21H28Cl2N4O2S/c1-26(2)14-18-5-4-17(30-18)11-25-21(28)24-10-16-13-27(7-8-29-16)12-15-3-6-19(22)20(23)9-15/h3-6,9,16H,7-8,10-14H2,1-2H3,(H2,24,25,28). The van der Waals surface area contributed by atoms with Crippen molar-refractivity contribution in [2.24, 2.45) is 0 Å². The molecule has 164 valence electrons. The summed E-state index contributed by atoms with van der Waals surface area (Å²) in [4.78, 5) is 19.0. The number of morpholine rings is 1. The van der Waals surface area contributed by atoms with Crippen molar-refractivity contribution in [1.29, 1.82) is 0 Å². The van der Waals surface area contributed by atoms with Gasteiger partial charge in [-0.05, 0) is 43.9 Å². The zero-order valence-electron chi connectivity index (χ0n) is 17.3. The van der Waals surface area contributed by atoms with Crippen LogP contribution >= 0.6 is 34.5 Å². The highest BCUT2D eigenvalue weighted by molar-refractivity contribution is 7.11. The Morgan fingerprint density at radius 3 is 2.77 bits per heavy atom. The minimum atomic E-state index is -0.178. The van der Waals surface area contributed by atoms with Crippen LogP contribution in [0.3, 0.4) is 0 Å². The quantitative estimate of drug-likeness (QED) is 0.615. The van der Waals surface area contributed by atoms with Gasteiger partial charge in [-0.3, -0.25) is 4.90 Å². The van der Waals surface area contributed by atoms with Crippen LogP contribution < -0.4 is 10.6 Å². The lowest BCUT2D eigenvalue weighted by atomic mass is 10.2. The third-order valence-corrected chi connectivity index (χ3v) is 6.52. The summed E-state index contributed by atoms with van der Waals surface area (Å²) in [7, 11) is 4.09. The molecule has 0 aliphatic carbocycles. The number of benzene rings is 1. The van der Waals surface area contributed by atoms with Crippen LogP contribution in [0.25, 0.3) is 0 Å². The first-order valence-electron chi connectivity index (χ1n) is 9.91. The van der Waals surface area contributed by atoms with Gasteiger partial charge in [-0.1, -0.05) is 29.3 Å². The first-order chi connectivity index (χ1) is 14.4. The van der Waals surface area contributed by atoms with Crippen LogP contribution in [0.1, 0.15) is 15.3 Å². The molecule has 6 nitrogen and oxygen atoms in total.